The number of likely N-dealkylation sites (N-methyl/N-ethyl adjacent to an activating group) is 1. The summed E-state index contributed by atoms with van der Waals surface area (Å²) in [7, 11) is 2.17. The number of likely N-dealkylation sites (tertiary alicyclic amines) is 1. The van der Waals surface area contributed by atoms with Crippen molar-refractivity contribution in [2.75, 3.05) is 26.7 Å². The first-order chi connectivity index (χ1) is 7.74. The van der Waals surface area contributed by atoms with Crippen LogP contribution in [0.2, 0.25) is 0 Å². The highest BCUT2D eigenvalue weighted by Crippen LogP contribution is 2.10. The number of nitrogens with zero attached hydrogens (tertiary/aromatic N) is 1. The van der Waals surface area contributed by atoms with Gasteiger partial charge < -0.3 is 15.3 Å². The smallest absolute Gasteiger partial charge is 0.115 e. The Kier molecular flexibility index (Phi) is 3.80. The maximum Gasteiger partial charge on any atom is 0.115 e. The summed E-state index contributed by atoms with van der Waals surface area (Å²) in [4.78, 5) is 2.36. The van der Waals surface area contributed by atoms with Crippen molar-refractivity contribution in [3.8, 4) is 5.75 Å². The van der Waals surface area contributed by atoms with Gasteiger partial charge in [0.2, 0.25) is 0 Å². The average molecular weight is 220 g/mol. The first-order valence-electron chi connectivity index (χ1n) is 5.94. The number of phenolic OH excluding ortho intramolecular Hbond substituents is 1. The molecule has 1 fully saturated rings. The Labute approximate surface area is 97.1 Å². The number of benzene rings is 1. The summed E-state index contributed by atoms with van der Waals surface area (Å²) in [5.41, 5.74) is 1.27. The zero-order chi connectivity index (χ0) is 11.4. The molecule has 1 atom stereocenters. The molecule has 3 nitrogen and oxygen atoms in total. The lowest BCUT2D eigenvalue weighted by molar-refractivity contribution is 0.398. The molecule has 16 heavy (non-hydrogen) atoms. The SMILES string of the molecule is CN1CCC(NCCc2ccc(O)cc2)C1. The Morgan fingerprint density at radius 1 is 1.38 bits per heavy atom. The Hall–Kier alpha value is -1.06. The molecular weight excluding hydrogens is 200 g/mol. The zero-order valence-electron chi connectivity index (χ0n) is 9.82. The van der Waals surface area contributed by atoms with E-state index in [0.29, 0.717) is 11.8 Å². The van der Waals surface area contributed by atoms with E-state index in [4.69, 9.17) is 5.11 Å². The summed E-state index contributed by atoms with van der Waals surface area (Å²) in [5, 5.41) is 12.7. The standard InChI is InChI=1S/C13H20N2O/c1-15-9-7-12(10-15)14-8-6-11-2-4-13(16)5-3-11/h2-5,12,14,16H,6-10H2,1H3. The van der Waals surface area contributed by atoms with Gasteiger partial charge in [0.05, 0.1) is 0 Å². The molecular formula is C13H20N2O. The second kappa shape index (κ2) is 5.32. The largest absolute Gasteiger partial charge is 0.508 e. The molecule has 0 radical (unpaired) electrons. The van der Waals surface area contributed by atoms with Gasteiger partial charge in [0.25, 0.3) is 0 Å². The second-order valence-corrected chi connectivity index (χ2v) is 4.62. The van der Waals surface area contributed by atoms with E-state index in [-0.39, 0.29) is 0 Å². The van der Waals surface area contributed by atoms with Crippen molar-refractivity contribution < 1.29 is 5.11 Å². The molecule has 88 valence electrons. The van der Waals surface area contributed by atoms with Crippen LogP contribution in [-0.4, -0.2) is 42.7 Å². The molecule has 1 aromatic carbocycles. The Balaban J connectivity index is 1.70. The molecule has 0 amide bonds. The predicted molar refractivity (Wildman–Crippen MR) is 65.7 cm³/mol. The number of phenols is 1. The van der Waals surface area contributed by atoms with Gasteiger partial charge in [-0.2, -0.15) is 0 Å². The van der Waals surface area contributed by atoms with Crippen LogP contribution < -0.4 is 5.32 Å². The van der Waals surface area contributed by atoms with Crippen molar-refractivity contribution in [3.63, 3.8) is 0 Å². The fourth-order valence-corrected chi connectivity index (χ4v) is 2.18. The summed E-state index contributed by atoms with van der Waals surface area (Å²) >= 11 is 0. The minimum Gasteiger partial charge on any atom is -0.508 e. The van der Waals surface area contributed by atoms with Crippen molar-refractivity contribution in [1.82, 2.24) is 10.2 Å². The van der Waals surface area contributed by atoms with Gasteiger partial charge in [0, 0.05) is 12.6 Å². The van der Waals surface area contributed by atoms with Crippen molar-refractivity contribution >= 4 is 0 Å². The van der Waals surface area contributed by atoms with Gasteiger partial charge in [0.15, 0.2) is 0 Å². The lowest BCUT2D eigenvalue weighted by Gasteiger charge is -2.12. The third-order valence-corrected chi connectivity index (χ3v) is 3.17. The Morgan fingerprint density at radius 3 is 2.75 bits per heavy atom. The molecule has 0 spiro atoms. The van der Waals surface area contributed by atoms with Crippen molar-refractivity contribution in [1.29, 1.82) is 0 Å². The third kappa shape index (κ3) is 3.22. The normalized spacial score (nSPS) is 21.4. The highest BCUT2D eigenvalue weighted by atomic mass is 16.3. The first kappa shape index (κ1) is 11.4. The zero-order valence-corrected chi connectivity index (χ0v) is 9.82. The molecule has 1 aliphatic rings. The quantitative estimate of drug-likeness (QED) is 0.801. The topological polar surface area (TPSA) is 35.5 Å². The van der Waals surface area contributed by atoms with Crippen LogP contribution in [0.25, 0.3) is 0 Å². The molecule has 0 aliphatic carbocycles. The Bertz CT molecular complexity index is 323. The van der Waals surface area contributed by atoms with E-state index >= 15 is 0 Å². The molecule has 0 bridgehead atoms. The molecule has 1 heterocycles. The van der Waals surface area contributed by atoms with E-state index in [1.807, 2.05) is 12.1 Å². The molecule has 1 aliphatic heterocycles. The molecule has 2 rings (SSSR count). The molecule has 1 saturated heterocycles. The number of hydrogen-bond acceptors (Lipinski definition) is 3. The predicted octanol–water partition coefficient (Wildman–Crippen LogP) is 1.23. The van der Waals surface area contributed by atoms with Crippen LogP contribution >= 0.6 is 0 Å². The van der Waals surface area contributed by atoms with Gasteiger partial charge >= 0.3 is 0 Å². The summed E-state index contributed by atoms with van der Waals surface area (Å²) in [6.45, 7) is 3.38. The lowest BCUT2D eigenvalue weighted by Crippen LogP contribution is -2.32. The number of hydrogen-bond donors (Lipinski definition) is 2. The molecule has 3 heteroatoms. The van der Waals surface area contributed by atoms with Crippen molar-refractivity contribution in [2.24, 2.45) is 0 Å². The van der Waals surface area contributed by atoms with Gasteiger partial charge in [-0.05, 0) is 50.7 Å². The highest BCUT2D eigenvalue weighted by molar-refractivity contribution is 5.25. The van der Waals surface area contributed by atoms with E-state index in [1.165, 1.54) is 18.5 Å². The van der Waals surface area contributed by atoms with Gasteiger partial charge in [-0.1, -0.05) is 12.1 Å². The molecule has 0 aromatic heterocycles. The fourth-order valence-electron chi connectivity index (χ4n) is 2.18. The van der Waals surface area contributed by atoms with Crippen LogP contribution in [0.15, 0.2) is 24.3 Å². The number of aromatic hydroxyl groups is 1. The summed E-state index contributed by atoms with van der Waals surface area (Å²) in [5.74, 6) is 0.342. The van der Waals surface area contributed by atoms with Crippen LogP contribution in [-0.2, 0) is 6.42 Å². The number of rotatable bonds is 4. The van der Waals surface area contributed by atoms with Crippen LogP contribution in [0, 0.1) is 0 Å². The van der Waals surface area contributed by atoms with E-state index in [0.717, 1.165) is 19.5 Å². The minimum atomic E-state index is 0.342. The third-order valence-electron chi connectivity index (χ3n) is 3.17. The van der Waals surface area contributed by atoms with Gasteiger partial charge in [-0.25, -0.2) is 0 Å². The van der Waals surface area contributed by atoms with Crippen LogP contribution in [0.3, 0.4) is 0 Å². The van der Waals surface area contributed by atoms with E-state index < -0.39 is 0 Å². The fraction of sp³-hybridized carbons (Fsp3) is 0.538. The van der Waals surface area contributed by atoms with E-state index in [2.05, 4.69) is 17.3 Å². The monoisotopic (exact) mass is 220 g/mol. The molecule has 0 saturated carbocycles. The lowest BCUT2D eigenvalue weighted by atomic mass is 10.1. The van der Waals surface area contributed by atoms with Crippen molar-refractivity contribution in [3.05, 3.63) is 29.8 Å². The van der Waals surface area contributed by atoms with Crippen molar-refractivity contribution in [2.45, 2.75) is 18.9 Å². The average Bonchev–Trinajstić information content (AvgIpc) is 2.67. The van der Waals surface area contributed by atoms with E-state index in [9.17, 15) is 0 Å². The van der Waals surface area contributed by atoms with Gasteiger partial charge in [0.1, 0.15) is 5.75 Å². The van der Waals surface area contributed by atoms with Gasteiger partial charge in [-0.3, -0.25) is 0 Å². The molecule has 2 N–H and O–H groups in total. The second-order valence-electron chi connectivity index (χ2n) is 4.62. The highest BCUT2D eigenvalue weighted by Gasteiger charge is 2.17. The van der Waals surface area contributed by atoms with Gasteiger partial charge in [-0.15, -0.1) is 0 Å². The number of nitrogens with one attached hydrogen (secondary N) is 1. The summed E-state index contributed by atoms with van der Waals surface area (Å²) in [6, 6.07) is 8.12. The van der Waals surface area contributed by atoms with E-state index in [1.54, 1.807) is 12.1 Å². The maximum atomic E-state index is 9.16. The van der Waals surface area contributed by atoms with Crippen LogP contribution in [0.4, 0.5) is 0 Å². The maximum absolute atomic E-state index is 9.16. The molecule has 1 aromatic rings. The Morgan fingerprint density at radius 2 is 2.12 bits per heavy atom. The van der Waals surface area contributed by atoms with Crippen LogP contribution in [0.5, 0.6) is 5.75 Å². The molecule has 1 unspecified atom stereocenters. The van der Waals surface area contributed by atoms with Crippen LogP contribution in [0.1, 0.15) is 12.0 Å². The minimum absolute atomic E-state index is 0.342. The summed E-state index contributed by atoms with van der Waals surface area (Å²) < 4.78 is 0. The first-order valence-corrected chi connectivity index (χ1v) is 5.94. The summed E-state index contributed by atoms with van der Waals surface area (Å²) in [6.07, 6.45) is 2.28.